The average Bonchev–Trinajstić information content (AvgIpc) is 3.01. The maximum absolute atomic E-state index is 12.8. The Balaban J connectivity index is 1.62. The van der Waals surface area contributed by atoms with E-state index in [1.807, 2.05) is 0 Å². The first-order valence-corrected chi connectivity index (χ1v) is 7.78. The quantitative estimate of drug-likeness (QED) is 0.734. The van der Waals surface area contributed by atoms with Crippen LogP contribution >= 0.6 is 11.6 Å². The molecule has 2 aromatic carbocycles. The highest BCUT2D eigenvalue weighted by Crippen LogP contribution is 2.30. The first-order valence-electron chi connectivity index (χ1n) is 7.40. The van der Waals surface area contributed by atoms with E-state index in [-0.39, 0.29) is 17.6 Å². The summed E-state index contributed by atoms with van der Waals surface area (Å²) >= 11 is 5.77. The molecule has 26 heavy (non-hydrogen) atoms. The van der Waals surface area contributed by atoms with Gasteiger partial charge in [0.2, 0.25) is 0 Å². The summed E-state index contributed by atoms with van der Waals surface area (Å²) < 4.78 is 38.4. The van der Waals surface area contributed by atoms with Gasteiger partial charge in [0.15, 0.2) is 6.61 Å². The smallest absolute Gasteiger partial charge is 0.385 e. The van der Waals surface area contributed by atoms with Gasteiger partial charge in [0.05, 0.1) is 5.56 Å². The maximum Gasteiger partial charge on any atom is 0.416 e. The Bertz CT molecular complexity index is 925. The number of nitrogens with one attached hydrogen (secondary N) is 1. The zero-order chi connectivity index (χ0) is 18.7. The summed E-state index contributed by atoms with van der Waals surface area (Å²) in [7, 11) is 0. The molecule has 0 aliphatic rings. The molecular weight excluding hydrogens is 373 g/mol. The summed E-state index contributed by atoms with van der Waals surface area (Å²) in [5.74, 6) is -0.462. The molecule has 6 nitrogen and oxygen atoms in total. The third-order valence-corrected chi connectivity index (χ3v) is 3.72. The Morgan fingerprint density at radius 2 is 1.92 bits per heavy atom. The lowest BCUT2D eigenvalue weighted by molar-refractivity contribution is -0.137. The van der Waals surface area contributed by atoms with E-state index in [2.05, 4.69) is 15.6 Å². The zero-order valence-electron chi connectivity index (χ0n) is 13.1. The molecular formula is C16H12ClF3N4O2. The van der Waals surface area contributed by atoms with Crippen LogP contribution in [-0.4, -0.2) is 27.7 Å². The van der Waals surface area contributed by atoms with Crippen LogP contribution in [0, 0.1) is 0 Å². The summed E-state index contributed by atoms with van der Waals surface area (Å²) in [5.41, 5.74) is 0.220. The molecule has 0 radical (unpaired) electrons. The van der Waals surface area contributed by atoms with Crippen LogP contribution in [0.1, 0.15) is 11.1 Å². The summed E-state index contributed by atoms with van der Waals surface area (Å²) in [6, 6.07) is 9.85. The average molecular weight is 385 g/mol. The van der Waals surface area contributed by atoms with Crippen molar-refractivity contribution in [1.29, 1.82) is 0 Å². The van der Waals surface area contributed by atoms with Crippen LogP contribution in [-0.2, 0) is 17.5 Å². The second-order valence-electron chi connectivity index (χ2n) is 5.34. The van der Waals surface area contributed by atoms with Gasteiger partial charge in [-0.3, -0.25) is 4.79 Å². The van der Waals surface area contributed by atoms with Gasteiger partial charge in [0.1, 0.15) is 11.0 Å². The molecule has 3 rings (SSSR count). The monoisotopic (exact) mass is 384 g/mol. The number of carbonyl (C=O) groups excluding carboxylic acids is 1. The number of amides is 1. The molecule has 136 valence electrons. The number of halogens is 4. The van der Waals surface area contributed by atoms with E-state index in [0.29, 0.717) is 5.02 Å². The molecule has 0 fully saturated rings. The SMILES string of the molecule is O=C(COn1nnc2ccc(C(F)(F)F)cc21)NCc1ccc(Cl)cc1. The number of alkyl halides is 3. The second-order valence-corrected chi connectivity index (χ2v) is 5.78. The normalized spacial score (nSPS) is 11.5. The van der Waals surface area contributed by atoms with E-state index in [4.69, 9.17) is 16.4 Å². The maximum atomic E-state index is 12.8. The van der Waals surface area contributed by atoms with E-state index in [0.717, 1.165) is 22.5 Å². The summed E-state index contributed by atoms with van der Waals surface area (Å²) in [5, 5.41) is 10.5. The molecule has 0 unspecified atom stereocenters. The highest BCUT2D eigenvalue weighted by Gasteiger charge is 2.31. The van der Waals surface area contributed by atoms with Gasteiger partial charge in [-0.1, -0.05) is 28.6 Å². The van der Waals surface area contributed by atoms with Crippen molar-refractivity contribution in [1.82, 2.24) is 20.5 Å². The van der Waals surface area contributed by atoms with E-state index in [1.54, 1.807) is 24.3 Å². The van der Waals surface area contributed by atoms with Crippen molar-refractivity contribution >= 4 is 28.5 Å². The van der Waals surface area contributed by atoms with Crippen molar-refractivity contribution in [2.75, 3.05) is 6.61 Å². The lowest BCUT2D eigenvalue weighted by Crippen LogP contribution is -2.31. The number of aromatic nitrogens is 3. The third-order valence-electron chi connectivity index (χ3n) is 3.46. The van der Waals surface area contributed by atoms with Gasteiger partial charge in [-0.2, -0.15) is 13.2 Å². The van der Waals surface area contributed by atoms with Gasteiger partial charge in [-0.05, 0) is 41.1 Å². The molecule has 0 spiro atoms. The van der Waals surface area contributed by atoms with Gasteiger partial charge >= 0.3 is 6.18 Å². The second kappa shape index (κ2) is 7.20. The predicted molar refractivity (Wildman–Crippen MR) is 87.3 cm³/mol. The van der Waals surface area contributed by atoms with Crippen LogP contribution < -0.4 is 10.2 Å². The lowest BCUT2D eigenvalue weighted by atomic mass is 10.2. The number of hydrogen-bond acceptors (Lipinski definition) is 4. The first-order chi connectivity index (χ1) is 12.3. The zero-order valence-corrected chi connectivity index (χ0v) is 13.9. The minimum absolute atomic E-state index is 0.0188. The number of rotatable bonds is 5. The van der Waals surface area contributed by atoms with E-state index >= 15 is 0 Å². The Labute approximate surface area is 150 Å². The molecule has 0 aliphatic carbocycles. The van der Waals surface area contributed by atoms with E-state index in [9.17, 15) is 18.0 Å². The number of carbonyl (C=O) groups is 1. The van der Waals surface area contributed by atoms with Crippen LogP contribution in [0.25, 0.3) is 11.0 Å². The molecule has 1 aromatic heterocycles. The number of fused-ring (bicyclic) bond motifs is 1. The molecule has 10 heteroatoms. The van der Waals surface area contributed by atoms with Crippen molar-refractivity contribution < 1.29 is 22.8 Å². The van der Waals surface area contributed by atoms with Crippen LogP contribution in [0.5, 0.6) is 0 Å². The highest BCUT2D eigenvalue weighted by molar-refractivity contribution is 6.30. The molecule has 0 atom stereocenters. The van der Waals surface area contributed by atoms with Gasteiger partial charge in [-0.15, -0.1) is 5.10 Å². The third kappa shape index (κ3) is 4.23. The highest BCUT2D eigenvalue weighted by atomic mass is 35.5. The molecule has 1 N–H and O–H groups in total. The summed E-state index contributed by atoms with van der Waals surface area (Å²) in [6.45, 7) is -0.169. The Morgan fingerprint density at radius 1 is 1.19 bits per heavy atom. The molecule has 0 aliphatic heterocycles. The first kappa shape index (κ1) is 18.0. The van der Waals surface area contributed by atoms with Crippen LogP contribution in [0.2, 0.25) is 5.02 Å². The van der Waals surface area contributed by atoms with Crippen molar-refractivity contribution in [3.8, 4) is 0 Å². The summed E-state index contributed by atoms with van der Waals surface area (Å²) in [6.07, 6.45) is -4.50. The summed E-state index contributed by atoms with van der Waals surface area (Å²) in [4.78, 5) is 17.8. The van der Waals surface area contributed by atoms with E-state index < -0.39 is 24.3 Å². The van der Waals surface area contributed by atoms with Crippen molar-refractivity contribution in [3.63, 3.8) is 0 Å². The Kier molecular flexibility index (Phi) is 4.99. The van der Waals surface area contributed by atoms with Crippen molar-refractivity contribution in [2.45, 2.75) is 12.7 Å². The fourth-order valence-electron chi connectivity index (χ4n) is 2.14. The molecule has 0 saturated heterocycles. The van der Waals surface area contributed by atoms with Gasteiger partial charge in [0, 0.05) is 11.6 Å². The van der Waals surface area contributed by atoms with Crippen LogP contribution in [0.3, 0.4) is 0 Å². The van der Waals surface area contributed by atoms with Crippen LogP contribution in [0.15, 0.2) is 42.5 Å². The molecule has 1 amide bonds. The molecule has 0 bridgehead atoms. The van der Waals surface area contributed by atoms with Gasteiger partial charge in [0.25, 0.3) is 5.91 Å². The van der Waals surface area contributed by atoms with Crippen LogP contribution in [0.4, 0.5) is 13.2 Å². The minimum atomic E-state index is -4.50. The predicted octanol–water partition coefficient (Wildman–Crippen LogP) is 2.85. The van der Waals surface area contributed by atoms with Gasteiger partial charge < -0.3 is 10.2 Å². The number of hydrogen-bond donors (Lipinski definition) is 1. The molecule has 1 heterocycles. The number of nitrogens with zero attached hydrogens (tertiary/aromatic N) is 3. The molecule has 0 saturated carbocycles. The topological polar surface area (TPSA) is 69.0 Å². The fourth-order valence-corrected chi connectivity index (χ4v) is 2.27. The van der Waals surface area contributed by atoms with Gasteiger partial charge in [-0.25, -0.2) is 0 Å². The fraction of sp³-hybridized carbons (Fsp3) is 0.188. The Morgan fingerprint density at radius 3 is 2.62 bits per heavy atom. The number of benzene rings is 2. The van der Waals surface area contributed by atoms with E-state index in [1.165, 1.54) is 6.07 Å². The minimum Gasteiger partial charge on any atom is -0.385 e. The largest absolute Gasteiger partial charge is 0.416 e. The lowest BCUT2D eigenvalue weighted by Gasteiger charge is -2.08. The standard InChI is InChI=1S/C16H12ClF3N4O2/c17-12-4-1-10(2-5-12)8-21-15(25)9-26-24-14-7-11(16(18,19)20)3-6-13(14)22-23-24/h1-7H,8-9H2,(H,21,25). The molecule has 3 aromatic rings. The van der Waals surface area contributed by atoms with Crippen molar-refractivity contribution in [2.24, 2.45) is 0 Å². The van der Waals surface area contributed by atoms with Crippen molar-refractivity contribution in [3.05, 3.63) is 58.6 Å². The Hall–Kier alpha value is -2.81.